The summed E-state index contributed by atoms with van der Waals surface area (Å²) in [6.45, 7) is 1.74. The maximum atomic E-state index is 13.3. The number of pyridine rings is 1. The summed E-state index contributed by atoms with van der Waals surface area (Å²) >= 11 is 0. The van der Waals surface area contributed by atoms with Crippen molar-refractivity contribution in [2.45, 2.75) is 38.0 Å². The number of nitrogens with zero attached hydrogens (tertiary/aromatic N) is 3. The van der Waals surface area contributed by atoms with E-state index in [1.165, 1.54) is 30.7 Å². The molecule has 35 heavy (non-hydrogen) atoms. The van der Waals surface area contributed by atoms with Gasteiger partial charge in [0.2, 0.25) is 5.91 Å². The minimum absolute atomic E-state index is 0.0503. The first-order valence-electron chi connectivity index (χ1n) is 10.5. The highest BCUT2D eigenvalue weighted by atomic mass is 19.4. The average Bonchev–Trinajstić information content (AvgIpc) is 3.60. The Hall–Kier alpha value is -4.09. The van der Waals surface area contributed by atoms with Crippen molar-refractivity contribution < 1.29 is 27.2 Å². The predicted octanol–water partition coefficient (Wildman–Crippen LogP) is 3.66. The van der Waals surface area contributed by atoms with Crippen LogP contribution in [-0.2, 0) is 17.5 Å². The zero-order chi connectivity index (χ0) is 25.2. The third kappa shape index (κ3) is 5.70. The van der Waals surface area contributed by atoms with Crippen molar-refractivity contribution in [1.82, 2.24) is 25.6 Å². The lowest BCUT2D eigenvalue weighted by Gasteiger charge is -2.17. The lowest BCUT2D eigenvalue weighted by atomic mass is 10.1. The molecule has 12 heteroatoms. The Labute approximate surface area is 197 Å². The van der Waals surface area contributed by atoms with Crippen LogP contribution < -0.4 is 16.0 Å². The number of carbonyl (C=O) groups is 2. The summed E-state index contributed by atoms with van der Waals surface area (Å²) in [6, 6.07) is 5.36. The highest BCUT2D eigenvalue weighted by Gasteiger charge is 2.51. The van der Waals surface area contributed by atoms with Crippen LogP contribution in [-0.4, -0.2) is 32.3 Å². The molecule has 2 aromatic heterocycles. The summed E-state index contributed by atoms with van der Waals surface area (Å²) in [6.07, 6.45) is 0.295. The van der Waals surface area contributed by atoms with Crippen LogP contribution in [0.4, 0.5) is 28.9 Å². The minimum Gasteiger partial charge on any atom is -0.354 e. The number of anilines is 2. The zero-order valence-electron chi connectivity index (χ0n) is 18.4. The molecule has 3 N–H and O–H groups in total. The normalized spacial score (nSPS) is 14.2. The summed E-state index contributed by atoms with van der Waals surface area (Å²) < 4.78 is 52.8. The predicted molar refractivity (Wildman–Crippen MR) is 117 cm³/mol. The Balaban J connectivity index is 1.34. The van der Waals surface area contributed by atoms with Gasteiger partial charge in [-0.25, -0.2) is 14.4 Å². The van der Waals surface area contributed by atoms with E-state index in [9.17, 15) is 27.2 Å². The molecule has 0 atom stereocenters. The maximum Gasteiger partial charge on any atom is 0.418 e. The van der Waals surface area contributed by atoms with Crippen molar-refractivity contribution in [3.8, 4) is 0 Å². The molecule has 0 aliphatic heterocycles. The lowest BCUT2D eigenvalue weighted by molar-refractivity contribution is -0.137. The van der Waals surface area contributed by atoms with Gasteiger partial charge in [-0.1, -0.05) is 0 Å². The number of aryl methyl sites for hydroxylation is 1. The molecule has 2 amide bonds. The third-order valence-electron chi connectivity index (χ3n) is 5.40. The number of amides is 2. The second-order valence-corrected chi connectivity index (χ2v) is 8.09. The van der Waals surface area contributed by atoms with Gasteiger partial charge in [0.15, 0.2) is 0 Å². The molecule has 4 rings (SSSR count). The molecule has 0 bridgehead atoms. The Morgan fingerprint density at radius 3 is 2.34 bits per heavy atom. The molecule has 1 saturated carbocycles. The molecule has 0 spiro atoms. The number of alkyl halides is 3. The minimum atomic E-state index is -4.73. The van der Waals surface area contributed by atoms with Gasteiger partial charge >= 0.3 is 6.18 Å². The summed E-state index contributed by atoms with van der Waals surface area (Å²) in [5.41, 5.74) is -1.51. The zero-order valence-corrected chi connectivity index (χ0v) is 18.4. The topological polar surface area (TPSA) is 109 Å². The Morgan fingerprint density at radius 2 is 1.74 bits per heavy atom. The molecule has 0 radical (unpaired) electrons. The van der Waals surface area contributed by atoms with E-state index in [4.69, 9.17) is 0 Å². The van der Waals surface area contributed by atoms with Gasteiger partial charge in [0.05, 0.1) is 40.9 Å². The molecule has 1 aliphatic carbocycles. The van der Waals surface area contributed by atoms with Crippen LogP contribution in [0.3, 0.4) is 0 Å². The van der Waals surface area contributed by atoms with Crippen LogP contribution in [0, 0.1) is 12.7 Å². The molecule has 0 saturated heterocycles. The molecule has 1 aromatic carbocycles. The summed E-state index contributed by atoms with van der Waals surface area (Å²) in [7, 11) is 0. The van der Waals surface area contributed by atoms with E-state index in [2.05, 4.69) is 30.9 Å². The number of rotatable bonds is 7. The van der Waals surface area contributed by atoms with Crippen molar-refractivity contribution in [3.05, 3.63) is 77.4 Å². The Kier molecular flexibility index (Phi) is 6.37. The van der Waals surface area contributed by atoms with Crippen molar-refractivity contribution in [3.63, 3.8) is 0 Å². The molecule has 182 valence electrons. The number of nitrogens with one attached hydrogen (secondary N) is 3. The number of hydrogen-bond acceptors (Lipinski definition) is 6. The van der Waals surface area contributed by atoms with Gasteiger partial charge in [-0.15, -0.1) is 0 Å². The van der Waals surface area contributed by atoms with Gasteiger partial charge in [-0.3, -0.25) is 14.6 Å². The molecule has 3 aromatic rings. The molecule has 0 unspecified atom stereocenters. The van der Waals surface area contributed by atoms with Crippen LogP contribution in [0.25, 0.3) is 0 Å². The smallest absolute Gasteiger partial charge is 0.354 e. The maximum absolute atomic E-state index is 13.3. The van der Waals surface area contributed by atoms with E-state index >= 15 is 0 Å². The Morgan fingerprint density at radius 1 is 1.03 bits per heavy atom. The van der Waals surface area contributed by atoms with Gasteiger partial charge in [0.1, 0.15) is 17.2 Å². The molecule has 1 aliphatic rings. The van der Waals surface area contributed by atoms with Crippen LogP contribution in [0.5, 0.6) is 0 Å². The standard InChI is InChI=1S/C23H20F4N6O2/c1-13-28-9-14(10-29-13)20(34)33-22(6-7-22)21(35)31-11-16-3-4-17(12-30-16)32-19-5-2-15(24)8-18(19)23(25,26)27/h2-5,8-10,12,32H,6-7,11H2,1H3,(H,31,35)(H,33,34). The quantitative estimate of drug-likeness (QED) is 0.438. The van der Waals surface area contributed by atoms with E-state index < -0.39 is 29.0 Å². The van der Waals surface area contributed by atoms with Gasteiger partial charge in [0.25, 0.3) is 5.91 Å². The van der Waals surface area contributed by atoms with Crippen molar-refractivity contribution in [2.24, 2.45) is 0 Å². The fourth-order valence-electron chi connectivity index (χ4n) is 3.29. The summed E-state index contributed by atoms with van der Waals surface area (Å²) in [4.78, 5) is 37.1. The number of aromatic nitrogens is 3. The number of carbonyl (C=O) groups excluding carboxylic acids is 2. The first kappa shape index (κ1) is 24.0. The summed E-state index contributed by atoms with van der Waals surface area (Å²) in [5.74, 6) is -1.30. The second kappa shape index (κ2) is 9.28. The first-order chi connectivity index (χ1) is 16.6. The second-order valence-electron chi connectivity index (χ2n) is 8.09. The van der Waals surface area contributed by atoms with Crippen LogP contribution in [0.15, 0.2) is 48.9 Å². The SMILES string of the molecule is Cc1ncc(C(=O)NC2(C(=O)NCc3ccc(Nc4ccc(F)cc4C(F)(F)F)cn3)CC2)cn1. The molecular weight excluding hydrogens is 468 g/mol. The number of benzene rings is 1. The van der Waals surface area contributed by atoms with Crippen LogP contribution in [0.1, 0.15) is 40.3 Å². The largest absolute Gasteiger partial charge is 0.418 e. The highest BCUT2D eigenvalue weighted by Crippen LogP contribution is 2.37. The molecule has 8 nitrogen and oxygen atoms in total. The van der Waals surface area contributed by atoms with Gasteiger partial charge in [-0.2, -0.15) is 13.2 Å². The molecule has 1 fully saturated rings. The van der Waals surface area contributed by atoms with E-state index in [1.807, 2.05) is 0 Å². The fraction of sp³-hybridized carbons (Fsp3) is 0.261. The van der Waals surface area contributed by atoms with Gasteiger partial charge in [-0.05, 0) is 50.1 Å². The monoisotopic (exact) mass is 488 g/mol. The van der Waals surface area contributed by atoms with E-state index in [0.29, 0.717) is 30.4 Å². The molecular formula is C23H20F4N6O2. The van der Waals surface area contributed by atoms with Gasteiger partial charge in [0, 0.05) is 12.4 Å². The average molecular weight is 488 g/mol. The summed E-state index contributed by atoms with van der Waals surface area (Å²) in [5, 5.41) is 8.01. The van der Waals surface area contributed by atoms with Crippen molar-refractivity contribution in [2.75, 3.05) is 5.32 Å². The molecule has 2 heterocycles. The highest BCUT2D eigenvalue weighted by molar-refractivity contribution is 6.00. The first-order valence-corrected chi connectivity index (χ1v) is 10.5. The van der Waals surface area contributed by atoms with E-state index in [1.54, 1.807) is 6.92 Å². The lowest BCUT2D eigenvalue weighted by Crippen LogP contribution is -2.48. The number of halogens is 4. The third-order valence-corrected chi connectivity index (χ3v) is 5.40. The van der Waals surface area contributed by atoms with E-state index in [0.717, 1.165) is 12.1 Å². The van der Waals surface area contributed by atoms with Crippen molar-refractivity contribution in [1.29, 1.82) is 0 Å². The number of hydrogen-bond donors (Lipinski definition) is 3. The Bertz CT molecular complexity index is 1240. The van der Waals surface area contributed by atoms with Crippen molar-refractivity contribution >= 4 is 23.2 Å². The fourth-order valence-corrected chi connectivity index (χ4v) is 3.29. The van der Waals surface area contributed by atoms with E-state index in [-0.39, 0.29) is 29.4 Å². The van der Waals surface area contributed by atoms with Gasteiger partial charge < -0.3 is 16.0 Å². The van der Waals surface area contributed by atoms with Crippen LogP contribution >= 0.6 is 0 Å². The van der Waals surface area contributed by atoms with Crippen LogP contribution in [0.2, 0.25) is 0 Å².